The molecule has 0 spiro atoms. The number of hydrogen-bond donors (Lipinski definition) is 1. The zero-order chi connectivity index (χ0) is 13.4. The first-order valence-electron chi connectivity index (χ1n) is 6.40. The molecule has 0 saturated heterocycles. The summed E-state index contributed by atoms with van der Waals surface area (Å²) in [4.78, 5) is 0. The fraction of sp³-hybridized carbons (Fsp3) is 0.533. The largest absolute Gasteiger partial charge is 0.316 e. The van der Waals surface area contributed by atoms with E-state index < -0.39 is 0 Å². The lowest BCUT2D eigenvalue weighted by atomic mass is 9.90. The maximum absolute atomic E-state index is 13.3. The molecular weight excluding hydrogens is 227 g/mol. The van der Waals surface area contributed by atoms with Gasteiger partial charge in [0.15, 0.2) is 0 Å². The van der Waals surface area contributed by atoms with Crippen molar-refractivity contribution in [1.29, 1.82) is 5.26 Å². The molecule has 0 atom stereocenters. The molecule has 0 amide bonds. The number of rotatable bonds is 7. The van der Waals surface area contributed by atoms with Crippen LogP contribution in [-0.2, 0) is 6.42 Å². The van der Waals surface area contributed by atoms with Gasteiger partial charge in [0.2, 0.25) is 0 Å². The smallest absolute Gasteiger partial charge is 0.126 e. The second-order valence-corrected chi connectivity index (χ2v) is 5.19. The normalized spacial score (nSPS) is 11.2. The molecule has 0 fully saturated rings. The van der Waals surface area contributed by atoms with E-state index in [2.05, 4.69) is 11.4 Å². The van der Waals surface area contributed by atoms with Gasteiger partial charge in [0, 0.05) is 0 Å². The third kappa shape index (κ3) is 5.29. The van der Waals surface area contributed by atoms with Crippen molar-refractivity contribution in [2.45, 2.75) is 33.1 Å². The van der Waals surface area contributed by atoms with Gasteiger partial charge in [-0.25, -0.2) is 4.39 Å². The molecule has 0 radical (unpaired) electrons. The highest BCUT2D eigenvalue weighted by molar-refractivity contribution is 5.17. The Morgan fingerprint density at radius 2 is 2.00 bits per heavy atom. The van der Waals surface area contributed by atoms with Gasteiger partial charge in [-0.2, -0.15) is 5.26 Å². The highest BCUT2D eigenvalue weighted by Gasteiger charge is 2.15. The second kappa shape index (κ2) is 7.13. The summed E-state index contributed by atoms with van der Waals surface area (Å²) in [7, 11) is 0. The van der Waals surface area contributed by atoms with Crippen LogP contribution in [0.4, 0.5) is 4.39 Å². The molecule has 18 heavy (non-hydrogen) atoms. The van der Waals surface area contributed by atoms with Gasteiger partial charge in [-0.15, -0.1) is 0 Å². The lowest BCUT2D eigenvalue weighted by Gasteiger charge is -2.14. The Balaban J connectivity index is 2.13. The van der Waals surface area contributed by atoms with Crippen LogP contribution >= 0.6 is 0 Å². The van der Waals surface area contributed by atoms with Crippen molar-refractivity contribution in [3.05, 3.63) is 35.6 Å². The molecule has 3 heteroatoms. The average Bonchev–Trinajstić information content (AvgIpc) is 2.35. The van der Waals surface area contributed by atoms with E-state index in [9.17, 15) is 4.39 Å². The van der Waals surface area contributed by atoms with E-state index in [1.54, 1.807) is 6.07 Å². The minimum atomic E-state index is -0.243. The van der Waals surface area contributed by atoms with Gasteiger partial charge >= 0.3 is 0 Å². The van der Waals surface area contributed by atoms with E-state index in [0.717, 1.165) is 31.5 Å². The van der Waals surface area contributed by atoms with Crippen LogP contribution in [-0.4, -0.2) is 13.1 Å². The second-order valence-electron chi connectivity index (χ2n) is 5.19. The van der Waals surface area contributed by atoms with Crippen LogP contribution in [0, 0.1) is 22.6 Å². The molecule has 1 aromatic carbocycles. The topological polar surface area (TPSA) is 35.8 Å². The number of nitrogens with zero attached hydrogens (tertiary/aromatic N) is 1. The van der Waals surface area contributed by atoms with Crippen LogP contribution in [0.1, 0.15) is 32.3 Å². The SMILES string of the molecule is CC(C)(C#N)CCCNCCc1ccccc1F. The first-order chi connectivity index (χ1) is 8.55. The zero-order valence-electron chi connectivity index (χ0n) is 11.2. The first kappa shape index (κ1) is 14.7. The van der Waals surface area contributed by atoms with E-state index in [4.69, 9.17) is 5.26 Å². The van der Waals surface area contributed by atoms with Gasteiger partial charge in [-0.05, 0) is 57.8 Å². The Hall–Kier alpha value is -1.40. The van der Waals surface area contributed by atoms with Crippen molar-refractivity contribution in [1.82, 2.24) is 5.32 Å². The van der Waals surface area contributed by atoms with Gasteiger partial charge in [0.05, 0.1) is 11.5 Å². The standard InChI is InChI=1S/C15H21FN2/c1-15(2,12-17)9-5-10-18-11-8-13-6-3-4-7-14(13)16/h3-4,6-7,18H,5,8-11H2,1-2H3. The molecule has 1 rings (SSSR count). The highest BCUT2D eigenvalue weighted by Crippen LogP contribution is 2.19. The van der Waals surface area contributed by atoms with Gasteiger partial charge in [0.1, 0.15) is 5.82 Å². The molecule has 0 heterocycles. The molecule has 0 bridgehead atoms. The van der Waals surface area contributed by atoms with Crippen molar-refractivity contribution in [3.63, 3.8) is 0 Å². The first-order valence-corrected chi connectivity index (χ1v) is 6.40. The number of hydrogen-bond acceptors (Lipinski definition) is 2. The average molecular weight is 248 g/mol. The van der Waals surface area contributed by atoms with E-state index in [0.29, 0.717) is 6.42 Å². The van der Waals surface area contributed by atoms with Gasteiger partial charge in [-0.3, -0.25) is 0 Å². The number of halogens is 1. The maximum atomic E-state index is 13.3. The quantitative estimate of drug-likeness (QED) is 0.752. The van der Waals surface area contributed by atoms with Crippen molar-refractivity contribution in [2.75, 3.05) is 13.1 Å². The van der Waals surface area contributed by atoms with Crippen LogP contribution in [0.15, 0.2) is 24.3 Å². The Bertz CT molecular complexity index is 407. The summed E-state index contributed by atoms with van der Waals surface area (Å²) in [5, 5.41) is 12.1. The Labute approximate surface area is 109 Å². The summed E-state index contributed by atoms with van der Waals surface area (Å²) >= 11 is 0. The minimum Gasteiger partial charge on any atom is -0.316 e. The van der Waals surface area contributed by atoms with Crippen molar-refractivity contribution in [3.8, 4) is 6.07 Å². The molecule has 0 saturated carbocycles. The molecule has 0 aromatic heterocycles. The third-order valence-electron chi connectivity index (χ3n) is 2.99. The number of nitriles is 1. The molecule has 0 unspecified atom stereocenters. The van der Waals surface area contributed by atoms with Crippen molar-refractivity contribution >= 4 is 0 Å². The number of benzene rings is 1. The summed E-state index contributed by atoms with van der Waals surface area (Å²) in [6.45, 7) is 5.55. The van der Waals surface area contributed by atoms with E-state index >= 15 is 0 Å². The van der Waals surface area contributed by atoms with E-state index in [-0.39, 0.29) is 11.2 Å². The predicted octanol–water partition coefficient (Wildman–Crippen LogP) is 3.29. The minimum absolute atomic E-state index is 0.134. The summed E-state index contributed by atoms with van der Waals surface area (Å²) in [6.07, 6.45) is 2.56. The summed E-state index contributed by atoms with van der Waals surface area (Å²) in [6, 6.07) is 9.15. The summed E-state index contributed by atoms with van der Waals surface area (Å²) < 4.78 is 13.3. The molecular formula is C15H21FN2. The molecule has 1 N–H and O–H groups in total. The van der Waals surface area contributed by atoms with Crippen molar-refractivity contribution in [2.24, 2.45) is 5.41 Å². The maximum Gasteiger partial charge on any atom is 0.126 e. The molecule has 0 aliphatic rings. The van der Waals surface area contributed by atoms with Crippen molar-refractivity contribution < 1.29 is 4.39 Å². The van der Waals surface area contributed by atoms with Gasteiger partial charge < -0.3 is 5.32 Å². The van der Waals surface area contributed by atoms with Crippen LogP contribution in [0.25, 0.3) is 0 Å². The molecule has 98 valence electrons. The van der Waals surface area contributed by atoms with Gasteiger partial charge in [-0.1, -0.05) is 18.2 Å². The predicted molar refractivity (Wildman–Crippen MR) is 71.6 cm³/mol. The van der Waals surface area contributed by atoms with E-state index in [1.807, 2.05) is 26.0 Å². The van der Waals surface area contributed by atoms with Crippen LogP contribution < -0.4 is 5.32 Å². The lowest BCUT2D eigenvalue weighted by molar-refractivity contribution is 0.426. The molecule has 0 aliphatic carbocycles. The Kier molecular flexibility index (Phi) is 5.80. The van der Waals surface area contributed by atoms with Crippen LogP contribution in [0.3, 0.4) is 0 Å². The summed E-state index contributed by atoms with van der Waals surface area (Å²) in [5.41, 5.74) is 0.509. The fourth-order valence-corrected chi connectivity index (χ4v) is 1.76. The molecule has 2 nitrogen and oxygen atoms in total. The highest BCUT2D eigenvalue weighted by atomic mass is 19.1. The lowest BCUT2D eigenvalue weighted by Crippen LogP contribution is -2.20. The van der Waals surface area contributed by atoms with E-state index in [1.165, 1.54) is 6.07 Å². The third-order valence-corrected chi connectivity index (χ3v) is 2.99. The Morgan fingerprint density at radius 1 is 1.28 bits per heavy atom. The Morgan fingerprint density at radius 3 is 2.67 bits per heavy atom. The number of nitrogens with one attached hydrogen (secondary N) is 1. The van der Waals surface area contributed by atoms with Crippen LogP contribution in [0.5, 0.6) is 0 Å². The van der Waals surface area contributed by atoms with Gasteiger partial charge in [0.25, 0.3) is 0 Å². The molecule has 1 aromatic rings. The zero-order valence-corrected chi connectivity index (χ0v) is 11.2. The van der Waals surface area contributed by atoms with Crippen LogP contribution in [0.2, 0.25) is 0 Å². The summed E-state index contributed by atoms with van der Waals surface area (Å²) in [5.74, 6) is -0.134. The molecule has 0 aliphatic heterocycles. The monoisotopic (exact) mass is 248 g/mol. The fourth-order valence-electron chi connectivity index (χ4n) is 1.76.